The highest BCUT2D eigenvalue weighted by Gasteiger charge is 2.31. The van der Waals surface area contributed by atoms with Crippen LogP contribution in [0.2, 0.25) is 0 Å². The molecule has 6 heteroatoms. The van der Waals surface area contributed by atoms with Gasteiger partial charge in [0.25, 0.3) is 0 Å². The van der Waals surface area contributed by atoms with Crippen molar-refractivity contribution in [2.75, 3.05) is 0 Å². The van der Waals surface area contributed by atoms with Crippen molar-refractivity contribution in [1.82, 2.24) is 15.6 Å². The van der Waals surface area contributed by atoms with Gasteiger partial charge in [0, 0.05) is 18.1 Å². The predicted octanol–water partition coefficient (Wildman–Crippen LogP) is 3.32. The minimum atomic E-state index is -0.503. The Hall–Kier alpha value is -1.69. The number of rotatable bonds is 4. The number of carbonyl (C=O) groups is 1. The molecule has 1 aromatic heterocycles. The molecule has 5 nitrogen and oxygen atoms in total. The van der Waals surface area contributed by atoms with Crippen molar-refractivity contribution in [3.05, 3.63) is 29.8 Å². The number of halogens is 1. The lowest BCUT2D eigenvalue weighted by Crippen LogP contribution is -2.48. The Labute approximate surface area is 137 Å². The Morgan fingerprint density at radius 3 is 2.65 bits per heavy atom. The molecule has 1 aliphatic rings. The van der Waals surface area contributed by atoms with E-state index >= 15 is 0 Å². The zero-order valence-electron chi connectivity index (χ0n) is 14.2. The maximum Gasteiger partial charge on any atom is 0.407 e. The first-order chi connectivity index (χ1) is 10.7. The van der Waals surface area contributed by atoms with Crippen LogP contribution >= 0.6 is 0 Å². The molecule has 1 saturated carbocycles. The third-order valence-electron chi connectivity index (χ3n) is 3.88. The van der Waals surface area contributed by atoms with E-state index in [9.17, 15) is 9.18 Å². The van der Waals surface area contributed by atoms with E-state index in [1.165, 1.54) is 12.3 Å². The zero-order chi connectivity index (χ0) is 17.0. The van der Waals surface area contributed by atoms with E-state index < -0.39 is 5.60 Å². The SMILES string of the molecule is CC(NC1CCCC1NC(=O)OC(C)(C)C)c1ccc(F)cn1. The molecule has 0 saturated heterocycles. The van der Waals surface area contributed by atoms with E-state index in [1.807, 2.05) is 27.7 Å². The fraction of sp³-hybridized carbons (Fsp3) is 0.647. The molecule has 0 radical (unpaired) electrons. The molecule has 1 aliphatic carbocycles. The van der Waals surface area contributed by atoms with Gasteiger partial charge in [-0.2, -0.15) is 0 Å². The molecule has 1 aromatic rings. The first kappa shape index (κ1) is 17.7. The number of pyridine rings is 1. The van der Waals surface area contributed by atoms with Crippen molar-refractivity contribution in [2.45, 2.75) is 70.7 Å². The monoisotopic (exact) mass is 323 g/mol. The molecule has 0 aromatic carbocycles. The summed E-state index contributed by atoms with van der Waals surface area (Å²) < 4.78 is 18.3. The summed E-state index contributed by atoms with van der Waals surface area (Å²) in [7, 11) is 0. The Balaban J connectivity index is 1.91. The average molecular weight is 323 g/mol. The summed E-state index contributed by atoms with van der Waals surface area (Å²) >= 11 is 0. The lowest BCUT2D eigenvalue weighted by molar-refractivity contribution is 0.0497. The highest BCUT2D eigenvalue weighted by molar-refractivity contribution is 5.68. The largest absolute Gasteiger partial charge is 0.444 e. The number of alkyl carbamates (subject to hydrolysis) is 1. The van der Waals surface area contributed by atoms with E-state index in [-0.39, 0.29) is 30.0 Å². The third kappa shape index (κ3) is 5.46. The molecule has 1 heterocycles. The van der Waals surface area contributed by atoms with Gasteiger partial charge < -0.3 is 15.4 Å². The average Bonchev–Trinajstić information content (AvgIpc) is 2.84. The molecule has 3 atom stereocenters. The summed E-state index contributed by atoms with van der Waals surface area (Å²) in [6, 6.07) is 3.27. The minimum absolute atomic E-state index is 0.0124. The van der Waals surface area contributed by atoms with Gasteiger partial charge >= 0.3 is 6.09 Å². The maximum absolute atomic E-state index is 13.0. The molecule has 1 fully saturated rings. The maximum atomic E-state index is 13.0. The number of ether oxygens (including phenoxy) is 1. The Kier molecular flexibility index (Phi) is 5.57. The highest BCUT2D eigenvalue weighted by Crippen LogP contribution is 2.23. The van der Waals surface area contributed by atoms with E-state index in [0.29, 0.717) is 0 Å². The van der Waals surface area contributed by atoms with Gasteiger partial charge in [-0.15, -0.1) is 0 Å². The number of amides is 1. The molecular formula is C17H26FN3O2. The summed E-state index contributed by atoms with van der Waals surface area (Å²) in [4.78, 5) is 16.0. The van der Waals surface area contributed by atoms with Gasteiger partial charge in [0.15, 0.2) is 0 Å². The van der Waals surface area contributed by atoms with Crippen LogP contribution < -0.4 is 10.6 Å². The highest BCUT2D eigenvalue weighted by atomic mass is 19.1. The first-order valence-corrected chi connectivity index (χ1v) is 8.11. The molecular weight excluding hydrogens is 297 g/mol. The predicted molar refractivity (Wildman–Crippen MR) is 86.5 cm³/mol. The van der Waals surface area contributed by atoms with Gasteiger partial charge in [0.2, 0.25) is 0 Å². The summed E-state index contributed by atoms with van der Waals surface area (Å²) in [6.07, 6.45) is 3.77. The number of nitrogens with zero attached hydrogens (tertiary/aromatic N) is 1. The number of carbonyl (C=O) groups excluding carboxylic acids is 1. The molecule has 1 amide bonds. The molecule has 0 bridgehead atoms. The van der Waals surface area contributed by atoms with Crippen LogP contribution in [0.15, 0.2) is 18.3 Å². The Morgan fingerprint density at radius 1 is 1.35 bits per heavy atom. The quantitative estimate of drug-likeness (QED) is 0.892. The normalized spacial score (nSPS) is 22.7. The van der Waals surface area contributed by atoms with Crippen molar-refractivity contribution in [3.8, 4) is 0 Å². The molecule has 23 heavy (non-hydrogen) atoms. The van der Waals surface area contributed by atoms with Crippen molar-refractivity contribution >= 4 is 6.09 Å². The number of hydrogen-bond donors (Lipinski definition) is 2. The van der Waals surface area contributed by atoms with Crippen LogP contribution in [-0.4, -0.2) is 28.8 Å². The topological polar surface area (TPSA) is 63.2 Å². The van der Waals surface area contributed by atoms with Crippen LogP contribution in [0.4, 0.5) is 9.18 Å². The van der Waals surface area contributed by atoms with Crippen molar-refractivity contribution in [3.63, 3.8) is 0 Å². The van der Waals surface area contributed by atoms with Gasteiger partial charge in [0.05, 0.1) is 11.9 Å². The van der Waals surface area contributed by atoms with Crippen LogP contribution in [0.1, 0.15) is 58.7 Å². The van der Waals surface area contributed by atoms with Crippen molar-refractivity contribution in [1.29, 1.82) is 0 Å². The summed E-state index contributed by atoms with van der Waals surface area (Å²) in [5.41, 5.74) is 0.283. The van der Waals surface area contributed by atoms with Crippen LogP contribution in [0, 0.1) is 5.82 Å². The van der Waals surface area contributed by atoms with Crippen LogP contribution in [0.3, 0.4) is 0 Å². The van der Waals surface area contributed by atoms with Crippen molar-refractivity contribution < 1.29 is 13.9 Å². The number of aromatic nitrogens is 1. The Morgan fingerprint density at radius 2 is 2.04 bits per heavy atom. The fourth-order valence-corrected chi connectivity index (χ4v) is 2.84. The second-order valence-corrected chi connectivity index (χ2v) is 7.08. The lowest BCUT2D eigenvalue weighted by atomic mass is 10.1. The second-order valence-electron chi connectivity index (χ2n) is 7.08. The van der Waals surface area contributed by atoms with Crippen molar-refractivity contribution in [2.24, 2.45) is 0 Å². The second kappa shape index (κ2) is 7.25. The summed E-state index contributed by atoms with van der Waals surface area (Å²) in [5.74, 6) is -0.341. The summed E-state index contributed by atoms with van der Waals surface area (Å²) in [5, 5.41) is 6.43. The van der Waals surface area contributed by atoms with Gasteiger partial charge in [0.1, 0.15) is 11.4 Å². The first-order valence-electron chi connectivity index (χ1n) is 8.11. The fourth-order valence-electron chi connectivity index (χ4n) is 2.84. The van der Waals surface area contributed by atoms with Crippen LogP contribution in [0.25, 0.3) is 0 Å². The lowest BCUT2D eigenvalue weighted by Gasteiger charge is -2.27. The van der Waals surface area contributed by atoms with Gasteiger partial charge in [-0.3, -0.25) is 4.98 Å². The number of nitrogens with one attached hydrogen (secondary N) is 2. The summed E-state index contributed by atoms with van der Waals surface area (Å²) in [6.45, 7) is 7.53. The standard InChI is InChI=1S/C17H26FN3O2/c1-11(13-9-8-12(18)10-19-13)20-14-6-5-7-15(14)21-16(22)23-17(2,3)4/h8-11,14-15,20H,5-7H2,1-4H3,(H,21,22). The minimum Gasteiger partial charge on any atom is -0.444 e. The van der Waals surface area contributed by atoms with Gasteiger partial charge in [-0.05, 0) is 59.1 Å². The number of hydrogen-bond acceptors (Lipinski definition) is 4. The van der Waals surface area contributed by atoms with E-state index in [2.05, 4.69) is 15.6 Å². The molecule has 2 rings (SSSR count). The molecule has 2 N–H and O–H groups in total. The van der Waals surface area contributed by atoms with E-state index in [0.717, 1.165) is 25.0 Å². The zero-order valence-corrected chi connectivity index (χ0v) is 14.2. The molecule has 128 valence electrons. The van der Waals surface area contributed by atoms with E-state index in [1.54, 1.807) is 6.07 Å². The Bertz CT molecular complexity index is 528. The van der Waals surface area contributed by atoms with Crippen LogP contribution in [-0.2, 0) is 4.74 Å². The third-order valence-corrected chi connectivity index (χ3v) is 3.88. The van der Waals surface area contributed by atoms with E-state index in [4.69, 9.17) is 4.74 Å². The molecule has 0 aliphatic heterocycles. The molecule has 0 spiro atoms. The smallest absolute Gasteiger partial charge is 0.407 e. The van der Waals surface area contributed by atoms with Gasteiger partial charge in [-0.25, -0.2) is 9.18 Å². The molecule has 3 unspecified atom stereocenters. The van der Waals surface area contributed by atoms with Crippen LogP contribution in [0.5, 0.6) is 0 Å². The van der Waals surface area contributed by atoms with Gasteiger partial charge in [-0.1, -0.05) is 0 Å².